The molecule has 1 aliphatic heterocycles. The van der Waals surface area contributed by atoms with Gasteiger partial charge in [0, 0.05) is 37.4 Å². The average molecular weight is 366 g/mol. The molecule has 1 atom stereocenters. The van der Waals surface area contributed by atoms with Gasteiger partial charge in [0.05, 0.1) is 0 Å². The highest BCUT2D eigenvalue weighted by Crippen LogP contribution is 2.34. The van der Waals surface area contributed by atoms with E-state index in [1.165, 1.54) is 5.56 Å². The molecule has 0 spiro atoms. The van der Waals surface area contributed by atoms with Gasteiger partial charge >= 0.3 is 0 Å². The first kappa shape index (κ1) is 19.1. The first-order valence-electron chi connectivity index (χ1n) is 9.43. The minimum atomic E-state index is -0.133. The molecular weight excluding hydrogens is 340 g/mol. The number of amides is 2. The van der Waals surface area contributed by atoms with Crippen LogP contribution in [-0.2, 0) is 11.2 Å². The van der Waals surface area contributed by atoms with E-state index in [1.807, 2.05) is 41.3 Å². The fourth-order valence-electron chi connectivity index (χ4n) is 3.61. The molecule has 0 unspecified atom stereocenters. The van der Waals surface area contributed by atoms with Gasteiger partial charge < -0.3 is 15.3 Å². The highest BCUT2D eigenvalue weighted by molar-refractivity contribution is 5.95. The Bertz CT molecular complexity index is 830. The minimum absolute atomic E-state index is 0.0668. The van der Waals surface area contributed by atoms with Crippen molar-refractivity contribution < 1.29 is 14.7 Å². The number of carbonyl (C=O) groups is 2. The molecule has 0 fully saturated rings. The van der Waals surface area contributed by atoms with Gasteiger partial charge in [0.1, 0.15) is 0 Å². The Kier molecular flexibility index (Phi) is 5.91. The van der Waals surface area contributed by atoms with Crippen molar-refractivity contribution in [3.05, 3.63) is 53.6 Å². The van der Waals surface area contributed by atoms with Crippen LogP contribution in [0.15, 0.2) is 42.5 Å². The number of fused-ring (bicyclic) bond motifs is 1. The molecule has 2 aromatic rings. The molecule has 1 heterocycles. The third-order valence-corrected chi connectivity index (χ3v) is 5.05. The van der Waals surface area contributed by atoms with Crippen molar-refractivity contribution >= 4 is 17.5 Å². The van der Waals surface area contributed by atoms with Gasteiger partial charge in [-0.3, -0.25) is 9.59 Å². The van der Waals surface area contributed by atoms with E-state index in [0.29, 0.717) is 18.5 Å². The SMILES string of the molecule is CC(=O)N1c2ccc(-c3ccc(C(=O)NCCCO)cc3)cc2CC[C@@H]1C. The molecule has 1 aliphatic rings. The fraction of sp³-hybridized carbons (Fsp3) is 0.364. The van der Waals surface area contributed by atoms with Crippen LogP contribution in [0.2, 0.25) is 0 Å². The lowest BCUT2D eigenvalue weighted by atomic mass is 9.93. The summed E-state index contributed by atoms with van der Waals surface area (Å²) >= 11 is 0. The first-order valence-corrected chi connectivity index (χ1v) is 9.43. The second-order valence-corrected chi connectivity index (χ2v) is 7.03. The Balaban J connectivity index is 1.79. The lowest BCUT2D eigenvalue weighted by Crippen LogP contribution is -2.40. The molecule has 0 saturated carbocycles. The van der Waals surface area contributed by atoms with Crippen LogP contribution in [0.5, 0.6) is 0 Å². The highest BCUT2D eigenvalue weighted by Gasteiger charge is 2.26. The number of anilines is 1. The molecular formula is C22H26N2O3. The minimum Gasteiger partial charge on any atom is -0.396 e. The zero-order valence-corrected chi connectivity index (χ0v) is 15.9. The smallest absolute Gasteiger partial charge is 0.251 e. The highest BCUT2D eigenvalue weighted by atomic mass is 16.3. The lowest BCUT2D eigenvalue weighted by Gasteiger charge is -2.34. The molecule has 0 saturated heterocycles. The predicted molar refractivity (Wildman–Crippen MR) is 107 cm³/mol. The van der Waals surface area contributed by atoms with Gasteiger partial charge in [-0.1, -0.05) is 18.2 Å². The standard InChI is InChI=1S/C22H26N2O3/c1-15-4-5-20-14-19(10-11-21(20)24(15)16(2)26)17-6-8-18(9-7-17)22(27)23-12-3-13-25/h6-11,14-15,25H,3-5,12-13H2,1-2H3,(H,23,27)/t15-/m0/s1. The van der Waals surface area contributed by atoms with Gasteiger partial charge in [-0.25, -0.2) is 0 Å². The second-order valence-electron chi connectivity index (χ2n) is 7.03. The quantitative estimate of drug-likeness (QED) is 0.799. The number of nitrogens with one attached hydrogen (secondary N) is 1. The molecule has 2 N–H and O–H groups in total. The fourth-order valence-corrected chi connectivity index (χ4v) is 3.61. The van der Waals surface area contributed by atoms with E-state index < -0.39 is 0 Å². The van der Waals surface area contributed by atoms with E-state index in [4.69, 9.17) is 5.11 Å². The van der Waals surface area contributed by atoms with E-state index in [1.54, 1.807) is 6.92 Å². The van der Waals surface area contributed by atoms with Crippen molar-refractivity contribution in [2.24, 2.45) is 0 Å². The summed E-state index contributed by atoms with van der Waals surface area (Å²) in [5, 5.41) is 11.6. The number of benzene rings is 2. The van der Waals surface area contributed by atoms with Crippen LogP contribution in [0, 0.1) is 0 Å². The van der Waals surface area contributed by atoms with Crippen LogP contribution >= 0.6 is 0 Å². The number of aliphatic hydroxyl groups excluding tert-OH is 1. The van der Waals surface area contributed by atoms with Crippen molar-refractivity contribution in [3.63, 3.8) is 0 Å². The van der Waals surface area contributed by atoms with Crippen molar-refractivity contribution in [2.45, 2.75) is 39.2 Å². The number of rotatable bonds is 5. The van der Waals surface area contributed by atoms with E-state index in [-0.39, 0.29) is 24.5 Å². The number of hydrogen-bond donors (Lipinski definition) is 2. The van der Waals surface area contributed by atoms with Crippen LogP contribution in [0.25, 0.3) is 11.1 Å². The van der Waals surface area contributed by atoms with E-state index in [0.717, 1.165) is 29.7 Å². The van der Waals surface area contributed by atoms with Crippen molar-refractivity contribution in [1.29, 1.82) is 0 Å². The third-order valence-electron chi connectivity index (χ3n) is 5.05. The van der Waals surface area contributed by atoms with E-state index in [9.17, 15) is 9.59 Å². The molecule has 5 heteroatoms. The number of aryl methyl sites for hydroxylation is 1. The van der Waals surface area contributed by atoms with Crippen molar-refractivity contribution in [2.75, 3.05) is 18.1 Å². The Morgan fingerprint density at radius 2 is 1.85 bits per heavy atom. The third kappa shape index (κ3) is 4.19. The summed E-state index contributed by atoms with van der Waals surface area (Å²) < 4.78 is 0. The Labute approximate surface area is 160 Å². The largest absolute Gasteiger partial charge is 0.396 e. The van der Waals surface area contributed by atoms with Crippen LogP contribution in [0.1, 0.15) is 42.6 Å². The first-order chi connectivity index (χ1) is 13.0. The maximum Gasteiger partial charge on any atom is 0.251 e. The monoisotopic (exact) mass is 366 g/mol. The number of hydrogen-bond acceptors (Lipinski definition) is 3. The topological polar surface area (TPSA) is 69.6 Å². The van der Waals surface area contributed by atoms with E-state index in [2.05, 4.69) is 18.3 Å². The normalized spacial score (nSPS) is 16.0. The zero-order chi connectivity index (χ0) is 19.4. The Hall–Kier alpha value is -2.66. The molecule has 0 aromatic heterocycles. The Morgan fingerprint density at radius 3 is 2.52 bits per heavy atom. The molecule has 2 amide bonds. The van der Waals surface area contributed by atoms with Crippen molar-refractivity contribution in [3.8, 4) is 11.1 Å². The lowest BCUT2D eigenvalue weighted by molar-refractivity contribution is -0.117. The molecule has 5 nitrogen and oxygen atoms in total. The van der Waals surface area contributed by atoms with Gasteiger partial charge in [0.2, 0.25) is 5.91 Å². The Morgan fingerprint density at radius 1 is 1.15 bits per heavy atom. The van der Waals surface area contributed by atoms with Gasteiger partial charge in [-0.15, -0.1) is 0 Å². The molecule has 3 rings (SSSR count). The number of carbonyl (C=O) groups excluding carboxylic acids is 2. The summed E-state index contributed by atoms with van der Waals surface area (Å²) in [4.78, 5) is 25.9. The summed E-state index contributed by atoms with van der Waals surface area (Å²) in [7, 11) is 0. The maximum absolute atomic E-state index is 12.1. The van der Waals surface area contributed by atoms with Crippen LogP contribution in [0.4, 0.5) is 5.69 Å². The average Bonchev–Trinajstić information content (AvgIpc) is 2.67. The number of aliphatic hydroxyl groups is 1. The maximum atomic E-state index is 12.1. The summed E-state index contributed by atoms with van der Waals surface area (Å²) in [6.07, 6.45) is 2.47. The van der Waals surface area contributed by atoms with E-state index >= 15 is 0 Å². The number of nitrogens with zero attached hydrogens (tertiary/aromatic N) is 1. The van der Waals surface area contributed by atoms with Crippen LogP contribution in [-0.4, -0.2) is 36.1 Å². The second kappa shape index (κ2) is 8.35. The van der Waals surface area contributed by atoms with Crippen LogP contribution in [0.3, 0.4) is 0 Å². The molecule has 0 bridgehead atoms. The van der Waals surface area contributed by atoms with Gasteiger partial charge in [0.15, 0.2) is 0 Å². The van der Waals surface area contributed by atoms with Gasteiger partial charge in [-0.05, 0) is 67.1 Å². The molecule has 0 radical (unpaired) electrons. The van der Waals surface area contributed by atoms with Crippen LogP contribution < -0.4 is 10.2 Å². The van der Waals surface area contributed by atoms with Crippen molar-refractivity contribution in [1.82, 2.24) is 5.32 Å². The molecule has 142 valence electrons. The molecule has 0 aliphatic carbocycles. The summed E-state index contributed by atoms with van der Waals surface area (Å²) in [6.45, 7) is 4.23. The predicted octanol–water partition coefficient (Wildman–Crippen LogP) is 3.15. The summed E-state index contributed by atoms with van der Waals surface area (Å²) in [5.74, 6) is -0.0562. The van der Waals surface area contributed by atoms with Gasteiger partial charge in [-0.2, -0.15) is 0 Å². The summed E-state index contributed by atoms with van der Waals surface area (Å²) in [6, 6.07) is 13.9. The molecule has 27 heavy (non-hydrogen) atoms. The summed E-state index contributed by atoms with van der Waals surface area (Å²) in [5.41, 5.74) is 4.92. The zero-order valence-electron chi connectivity index (χ0n) is 15.9. The molecule has 2 aromatic carbocycles. The van der Waals surface area contributed by atoms with Gasteiger partial charge in [0.25, 0.3) is 5.91 Å².